The molecule has 0 saturated heterocycles. The Kier molecular flexibility index (Phi) is 5.22. The Labute approximate surface area is 133 Å². The first-order chi connectivity index (χ1) is 9.52. The zero-order valence-corrected chi connectivity index (χ0v) is 13.9. The van der Waals surface area contributed by atoms with E-state index in [1.54, 1.807) is 0 Å². The zero-order valence-electron chi connectivity index (χ0n) is 11.6. The van der Waals surface area contributed by atoms with Gasteiger partial charge < -0.3 is 0 Å². The van der Waals surface area contributed by atoms with Crippen LogP contribution in [0.25, 0.3) is 0 Å². The monoisotopic (exact) mass is 352 g/mol. The fraction of sp³-hybridized carbons (Fsp3) is 0.250. The van der Waals surface area contributed by atoms with Crippen LogP contribution in [0, 0.1) is 13.8 Å². The summed E-state index contributed by atoms with van der Waals surface area (Å²) in [6, 6.07) is 12.3. The molecule has 0 aliphatic rings. The van der Waals surface area contributed by atoms with Crippen molar-refractivity contribution in [2.24, 2.45) is 5.84 Å². The Balaban J connectivity index is 2.31. The minimum atomic E-state index is 0.0349. The quantitative estimate of drug-likeness (QED) is 0.629. The average Bonchev–Trinajstić information content (AvgIpc) is 2.42. The second-order valence-corrected chi connectivity index (χ2v) is 6.23. The van der Waals surface area contributed by atoms with E-state index < -0.39 is 0 Å². The van der Waals surface area contributed by atoms with Gasteiger partial charge in [-0.15, -0.1) is 0 Å². The van der Waals surface area contributed by atoms with Crippen LogP contribution in [0.4, 0.5) is 0 Å². The van der Waals surface area contributed by atoms with Crippen LogP contribution in [-0.2, 0) is 6.42 Å². The molecule has 4 heteroatoms. The van der Waals surface area contributed by atoms with E-state index in [1.165, 1.54) is 11.1 Å². The van der Waals surface area contributed by atoms with Gasteiger partial charge in [0, 0.05) is 9.50 Å². The molecule has 20 heavy (non-hydrogen) atoms. The van der Waals surface area contributed by atoms with E-state index in [9.17, 15) is 0 Å². The second kappa shape index (κ2) is 6.72. The number of hydrazine groups is 1. The van der Waals surface area contributed by atoms with Gasteiger partial charge in [-0.3, -0.25) is 11.3 Å². The van der Waals surface area contributed by atoms with Crippen LogP contribution < -0.4 is 11.3 Å². The Morgan fingerprint density at radius 3 is 2.65 bits per heavy atom. The van der Waals surface area contributed by atoms with E-state index in [0.717, 1.165) is 27.0 Å². The maximum atomic E-state index is 6.31. The van der Waals surface area contributed by atoms with E-state index in [0.29, 0.717) is 0 Å². The maximum absolute atomic E-state index is 6.31. The standard InChI is InChI=1S/C16H18BrClN2/c1-10-6-7-12(15(18)8-10)9-16(20-19)13-4-3-5-14(17)11(13)2/h3-8,16,20H,9,19H2,1-2H3. The third-order valence-electron chi connectivity index (χ3n) is 3.52. The van der Waals surface area contributed by atoms with Crippen LogP contribution in [0.1, 0.15) is 28.3 Å². The summed E-state index contributed by atoms with van der Waals surface area (Å²) in [7, 11) is 0. The first-order valence-corrected chi connectivity index (χ1v) is 7.66. The minimum Gasteiger partial charge on any atom is -0.271 e. The molecule has 2 aromatic rings. The second-order valence-electron chi connectivity index (χ2n) is 4.97. The molecule has 0 bridgehead atoms. The minimum absolute atomic E-state index is 0.0349. The number of rotatable bonds is 4. The van der Waals surface area contributed by atoms with Crippen LogP contribution in [0.15, 0.2) is 40.9 Å². The molecule has 0 amide bonds. The molecule has 2 aromatic carbocycles. The van der Waals surface area contributed by atoms with Crippen molar-refractivity contribution in [3.05, 3.63) is 68.1 Å². The number of nitrogens with one attached hydrogen (secondary N) is 1. The molecule has 0 radical (unpaired) electrons. The lowest BCUT2D eigenvalue weighted by atomic mass is 9.95. The Hall–Kier alpha value is -0.870. The molecular weight excluding hydrogens is 336 g/mol. The molecule has 1 unspecified atom stereocenters. The molecule has 2 rings (SSSR count). The third kappa shape index (κ3) is 3.41. The van der Waals surface area contributed by atoms with Crippen molar-refractivity contribution >= 4 is 27.5 Å². The lowest BCUT2D eigenvalue weighted by Crippen LogP contribution is -2.30. The molecule has 1 atom stereocenters. The fourth-order valence-corrected chi connectivity index (χ4v) is 2.99. The summed E-state index contributed by atoms with van der Waals surface area (Å²) in [5, 5.41) is 0.790. The molecule has 0 fully saturated rings. The van der Waals surface area contributed by atoms with Crippen LogP contribution >= 0.6 is 27.5 Å². The van der Waals surface area contributed by atoms with E-state index >= 15 is 0 Å². The van der Waals surface area contributed by atoms with Gasteiger partial charge in [-0.25, -0.2) is 0 Å². The van der Waals surface area contributed by atoms with Crippen molar-refractivity contribution in [1.82, 2.24) is 5.43 Å². The predicted octanol–water partition coefficient (Wildman–Crippen LogP) is 4.47. The number of nitrogens with two attached hydrogens (primary N) is 1. The highest BCUT2D eigenvalue weighted by Crippen LogP contribution is 2.28. The lowest BCUT2D eigenvalue weighted by Gasteiger charge is -2.20. The first kappa shape index (κ1) is 15.5. The maximum Gasteiger partial charge on any atom is 0.0503 e. The largest absolute Gasteiger partial charge is 0.271 e. The molecule has 106 valence electrons. The van der Waals surface area contributed by atoms with Gasteiger partial charge in [0.15, 0.2) is 0 Å². The van der Waals surface area contributed by atoms with Crippen molar-refractivity contribution in [2.75, 3.05) is 0 Å². The fourth-order valence-electron chi connectivity index (χ4n) is 2.30. The first-order valence-electron chi connectivity index (χ1n) is 6.49. The third-order valence-corrected chi connectivity index (χ3v) is 4.73. The van der Waals surface area contributed by atoms with Gasteiger partial charge in [-0.1, -0.05) is 51.8 Å². The Morgan fingerprint density at radius 1 is 1.25 bits per heavy atom. The van der Waals surface area contributed by atoms with E-state index in [4.69, 9.17) is 17.4 Å². The number of hydrogen-bond acceptors (Lipinski definition) is 2. The van der Waals surface area contributed by atoms with Gasteiger partial charge in [-0.2, -0.15) is 0 Å². The topological polar surface area (TPSA) is 38.0 Å². The number of aryl methyl sites for hydroxylation is 1. The van der Waals surface area contributed by atoms with Gasteiger partial charge in [0.05, 0.1) is 6.04 Å². The van der Waals surface area contributed by atoms with Crippen LogP contribution in [0.3, 0.4) is 0 Å². The van der Waals surface area contributed by atoms with Gasteiger partial charge in [0.25, 0.3) is 0 Å². The summed E-state index contributed by atoms with van der Waals surface area (Å²) in [5.41, 5.74) is 7.53. The SMILES string of the molecule is Cc1ccc(CC(NN)c2cccc(Br)c2C)c(Cl)c1. The zero-order chi connectivity index (χ0) is 14.7. The van der Waals surface area contributed by atoms with E-state index in [-0.39, 0.29) is 6.04 Å². The van der Waals surface area contributed by atoms with Gasteiger partial charge >= 0.3 is 0 Å². The lowest BCUT2D eigenvalue weighted by molar-refractivity contribution is 0.549. The number of benzene rings is 2. The van der Waals surface area contributed by atoms with Crippen LogP contribution in [0.5, 0.6) is 0 Å². The summed E-state index contributed by atoms with van der Waals surface area (Å²) < 4.78 is 1.09. The highest BCUT2D eigenvalue weighted by Gasteiger charge is 2.15. The molecular formula is C16H18BrClN2. The van der Waals surface area contributed by atoms with Crippen LogP contribution in [0.2, 0.25) is 5.02 Å². The van der Waals surface area contributed by atoms with Crippen molar-refractivity contribution in [2.45, 2.75) is 26.3 Å². The molecule has 3 N–H and O–H groups in total. The smallest absolute Gasteiger partial charge is 0.0503 e. The summed E-state index contributed by atoms with van der Waals surface area (Å²) in [6.45, 7) is 4.12. The van der Waals surface area contributed by atoms with E-state index in [1.807, 2.05) is 25.1 Å². The number of halogens is 2. The summed E-state index contributed by atoms with van der Waals surface area (Å²) in [4.78, 5) is 0. The molecule has 0 spiro atoms. The molecule has 0 aromatic heterocycles. The van der Waals surface area contributed by atoms with Crippen molar-refractivity contribution in [1.29, 1.82) is 0 Å². The van der Waals surface area contributed by atoms with Crippen molar-refractivity contribution in [3.63, 3.8) is 0 Å². The van der Waals surface area contributed by atoms with E-state index in [2.05, 4.69) is 46.5 Å². The molecule has 0 aliphatic carbocycles. The predicted molar refractivity (Wildman–Crippen MR) is 88.8 cm³/mol. The highest BCUT2D eigenvalue weighted by atomic mass is 79.9. The Bertz CT molecular complexity index is 613. The molecule has 0 aliphatic heterocycles. The normalized spacial score (nSPS) is 12.4. The number of hydrogen-bond donors (Lipinski definition) is 2. The van der Waals surface area contributed by atoms with Crippen LogP contribution in [-0.4, -0.2) is 0 Å². The van der Waals surface area contributed by atoms with Gasteiger partial charge in [0.2, 0.25) is 0 Å². The summed E-state index contributed by atoms with van der Waals surface area (Å²) in [5.74, 6) is 5.74. The van der Waals surface area contributed by atoms with Gasteiger partial charge in [-0.05, 0) is 54.7 Å². The van der Waals surface area contributed by atoms with Crippen molar-refractivity contribution < 1.29 is 0 Å². The highest BCUT2D eigenvalue weighted by molar-refractivity contribution is 9.10. The summed E-state index contributed by atoms with van der Waals surface area (Å²) in [6.07, 6.45) is 0.757. The molecule has 0 heterocycles. The molecule has 0 saturated carbocycles. The van der Waals surface area contributed by atoms with Crippen molar-refractivity contribution in [3.8, 4) is 0 Å². The molecule has 2 nitrogen and oxygen atoms in total. The Morgan fingerprint density at radius 2 is 2.00 bits per heavy atom. The van der Waals surface area contributed by atoms with Gasteiger partial charge in [0.1, 0.15) is 0 Å². The summed E-state index contributed by atoms with van der Waals surface area (Å²) >= 11 is 9.87. The average molecular weight is 354 g/mol.